The van der Waals surface area contributed by atoms with Crippen LogP contribution < -0.4 is 5.19 Å². The molecule has 1 aromatic rings. The Morgan fingerprint density at radius 3 is 2.91 bits per heavy atom. The van der Waals surface area contributed by atoms with Gasteiger partial charge < -0.3 is 4.43 Å². The second-order valence-corrected chi connectivity index (χ2v) is 3.47. The summed E-state index contributed by atoms with van der Waals surface area (Å²) in [6.07, 6.45) is 0. The van der Waals surface area contributed by atoms with Gasteiger partial charge in [0.05, 0.1) is 0 Å². The van der Waals surface area contributed by atoms with E-state index in [1.807, 2.05) is 6.92 Å². The first kappa shape index (κ1) is 8.49. The van der Waals surface area contributed by atoms with Crippen LogP contribution in [0.1, 0.15) is 12.5 Å². The van der Waals surface area contributed by atoms with Crippen LogP contribution in [0.5, 0.6) is 0 Å². The van der Waals surface area contributed by atoms with Gasteiger partial charge in [0.15, 0.2) is 0 Å². The first-order valence-corrected chi connectivity index (χ1v) is 4.68. The first-order chi connectivity index (χ1) is 5.33. The second kappa shape index (κ2) is 4.31. The predicted octanol–water partition coefficient (Wildman–Crippen LogP) is 1.28. The summed E-state index contributed by atoms with van der Waals surface area (Å²) < 4.78 is 5.30. The molecule has 11 heavy (non-hydrogen) atoms. The molecule has 0 saturated heterocycles. The highest BCUT2D eigenvalue weighted by Crippen LogP contribution is 1.91. The highest BCUT2D eigenvalue weighted by atomic mass is 28.2. The molecule has 0 amide bonds. The molecule has 0 atom stereocenters. The fourth-order valence-corrected chi connectivity index (χ4v) is 1.63. The van der Waals surface area contributed by atoms with Gasteiger partial charge in [-0.15, -0.1) is 0 Å². The van der Waals surface area contributed by atoms with Crippen molar-refractivity contribution < 1.29 is 4.43 Å². The third-order valence-electron chi connectivity index (χ3n) is 1.35. The van der Waals surface area contributed by atoms with Crippen LogP contribution in [-0.4, -0.2) is 16.4 Å². The number of benzene rings is 1. The molecule has 0 unspecified atom stereocenters. The van der Waals surface area contributed by atoms with E-state index in [0.717, 1.165) is 6.61 Å². The van der Waals surface area contributed by atoms with Crippen molar-refractivity contribution in [3.63, 3.8) is 0 Å². The van der Waals surface area contributed by atoms with Crippen molar-refractivity contribution in [1.82, 2.24) is 0 Å². The molecule has 0 aliphatic rings. The highest BCUT2D eigenvalue weighted by Gasteiger charge is 1.93. The largest absolute Gasteiger partial charge is 0.412 e. The molecule has 2 radical (unpaired) electrons. The van der Waals surface area contributed by atoms with Crippen LogP contribution in [0, 0.1) is 6.92 Å². The normalized spacial score (nSPS) is 10.0. The monoisotopic (exact) mass is 164 g/mol. The van der Waals surface area contributed by atoms with Gasteiger partial charge in [-0.1, -0.05) is 29.8 Å². The fraction of sp³-hybridized carbons (Fsp3) is 0.333. The van der Waals surface area contributed by atoms with E-state index in [1.54, 1.807) is 0 Å². The lowest BCUT2D eigenvalue weighted by Crippen LogP contribution is -2.17. The SMILES string of the molecule is CCO[Si]c1cccc(C)c1. The predicted molar refractivity (Wildman–Crippen MR) is 48.2 cm³/mol. The van der Waals surface area contributed by atoms with Crippen LogP contribution in [0.3, 0.4) is 0 Å². The Bertz CT molecular complexity index is 223. The van der Waals surface area contributed by atoms with Gasteiger partial charge in [-0.25, -0.2) is 0 Å². The van der Waals surface area contributed by atoms with Gasteiger partial charge in [0.1, 0.15) is 0 Å². The van der Waals surface area contributed by atoms with E-state index in [2.05, 4.69) is 31.2 Å². The number of hydrogen-bond acceptors (Lipinski definition) is 1. The molecule has 1 rings (SSSR count). The van der Waals surface area contributed by atoms with Crippen molar-refractivity contribution in [3.8, 4) is 0 Å². The first-order valence-electron chi connectivity index (χ1n) is 3.77. The van der Waals surface area contributed by atoms with Crippen molar-refractivity contribution in [2.75, 3.05) is 6.61 Å². The zero-order valence-corrected chi connectivity index (χ0v) is 7.92. The Kier molecular flexibility index (Phi) is 3.33. The molecule has 0 heterocycles. The summed E-state index contributed by atoms with van der Waals surface area (Å²) in [5, 5.41) is 1.28. The molecule has 0 bridgehead atoms. The average Bonchev–Trinajstić information content (AvgIpc) is 2.01. The molecular formula is C9H12OSi. The molecule has 0 aromatic heterocycles. The van der Waals surface area contributed by atoms with Crippen LogP contribution >= 0.6 is 0 Å². The van der Waals surface area contributed by atoms with Gasteiger partial charge in [-0.05, 0) is 19.0 Å². The van der Waals surface area contributed by atoms with Crippen LogP contribution in [0.2, 0.25) is 0 Å². The van der Waals surface area contributed by atoms with Crippen molar-refractivity contribution in [2.45, 2.75) is 13.8 Å². The van der Waals surface area contributed by atoms with Gasteiger partial charge in [0.2, 0.25) is 0 Å². The minimum atomic E-state index is 0.501. The van der Waals surface area contributed by atoms with Crippen molar-refractivity contribution in [2.24, 2.45) is 0 Å². The lowest BCUT2D eigenvalue weighted by atomic mass is 10.2. The summed E-state index contributed by atoms with van der Waals surface area (Å²) in [5.41, 5.74) is 1.30. The van der Waals surface area contributed by atoms with Gasteiger partial charge in [0.25, 0.3) is 9.76 Å². The molecule has 58 valence electrons. The topological polar surface area (TPSA) is 9.23 Å². The van der Waals surface area contributed by atoms with E-state index in [0.29, 0.717) is 9.76 Å². The van der Waals surface area contributed by atoms with E-state index in [-0.39, 0.29) is 0 Å². The maximum Gasteiger partial charge on any atom is 0.268 e. The molecule has 0 aliphatic heterocycles. The highest BCUT2D eigenvalue weighted by molar-refractivity contribution is 6.46. The Morgan fingerprint density at radius 2 is 2.27 bits per heavy atom. The van der Waals surface area contributed by atoms with Gasteiger partial charge in [0, 0.05) is 6.61 Å². The van der Waals surface area contributed by atoms with E-state index < -0.39 is 0 Å². The molecular weight excluding hydrogens is 152 g/mol. The second-order valence-electron chi connectivity index (χ2n) is 2.40. The van der Waals surface area contributed by atoms with E-state index in [4.69, 9.17) is 4.43 Å². The maximum atomic E-state index is 5.30. The Morgan fingerprint density at radius 1 is 1.45 bits per heavy atom. The van der Waals surface area contributed by atoms with E-state index in [1.165, 1.54) is 10.8 Å². The summed E-state index contributed by atoms with van der Waals surface area (Å²) in [6.45, 7) is 4.91. The lowest BCUT2D eigenvalue weighted by molar-refractivity contribution is 0.367. The van der Waals surface area contributed by atoms with Crippen LogP contribution in [0.15, 0.2) is 24.3 Å². The zero-order valence-electron chi connectivity index (χ0n) is 6.92. The molecule has 1 aromatic carbocycles. The van der Waals surface area contributed by atoms with Crippen LogP contribution in [0.4, 0.5) is 0 Å². The Labute approximate surface area is 70.3 Å². The summed E-state index contributed by atoms with van der Waals surface area (Å²) in [7, 11) is 0.501. The summed E-state index contributed by atoms with van der Waals surface area (Å²) in [4.78, 5) is 0. The fourth-order valence-electron chi connectivity index (χ4n) is 0.864. The third-order valence-corrected chi connectivity index (χ3v) is 2.33. The van der Waals surface area contributed by atoms with Gasteiger partial charge >= 0.3 is 0 Å². The smallest absolute Gasteiger partial charge is 0.268 e. The van der Waals surface area contributed by atoms with Crippen molar-refractivity contribution >= 4 is 14.9 Å². The molecule has 0 aliphatic carbocycles. The minimum absolute atomic E-state index is 0.501. The third kappa shape index (κ3) is 2.86. The molecule has 0 fully saturated rings. The quantitative estimate of drug-likeness (QED) is 0.611. The molecule has 2 heteroatoms. The van der Waals surface area contributed by atoms with Crippen LogP contribution in [0.25, 0.3) is 0 Å². The average molecular weight is 164 g/mol. The number of hydrogen-bond donors (Lipinski definition) is 0. The van der Waals surface area contributed by atoms with E-state index >= 15 is 0 Å². The molecule has 0 spiro atoms. The summed E-state index contributed by atoms with van der Waals surface area (Å²) in [5.74, 6) is 0. The van der Waals surface area contributed by atoms with Crippen LogP contribution in [-0.2, 0) is 4.43 Å². The lowest BCUT2D eigenvalue weighted by Gasteiger charge is -1.99. The van der Waals surface area contributed by atoms with Gasteiger partial charge in [-0.3, -0.25) is 0 Å². The summed E-state index contributed by atoms with van der Waals surface area (Å²) in [6, 6.07) is 8.42. The van der Waals surface area contributed by atoms with Gasteiger partial charge in [-0.2, -0.15) is 0 Å². The maximum absolute atomic E-state index is 5.30. The summed E-state index contributed by atoms with van der Waals surface area (Å²) >= 11 is 0. The minimum Gasteiger partial charge on any atom is -0.412 e. The number of aryl methyl sites for hydroxylation is 1. The number of rotatable bonds is 3. The standard InChI is InChI=1S/C9H12OSi/c1-3-10-11-9-6-4-5-8(2)7-9/h4-7H,3H2,1-2H3. The molecule has 0 saturated carbocycles. The molecule has 1 nitrogen and oxygen atoms in total. The Hall–Kier alpha value is -0.603. The van der Waals surface area contributed by atoms with Crippen molar-refractivity contribution in [3.05, 3.63) is 29.8 Å². The van der Waals surface area contributed by atoms with Crippen molar-refractivity contribution in [1.29, 1.82) is 0 Å². The van der Waals surface area contributed by atoms with E-state index in [9.17, 15) is 0 Å². The molecule has 0 N–H and O–H groups in total. The Balaban J connectivity index is 2.56. The zero-order chi connectivity index (χ0) is 8.10.